The number of thiophene rings is 1. The van der Waals surface area contributed by atoms with E-state index in [0.717, 1.165) is 40.8 Å². The largest absolute Gasteiger partial charge is 0.486 e. The van der Waals surface area contributed by atoms with Crippen LogP contribution in [-0.4, -0.2) is 47.9 Å². The van der Waals surface area contributed by atoms with E-state index in [4.69, 9.17) is 9.84 Å². The fraction of sp³-hybridized carbons (Fsp3) is 0.567. The molecule has 1 amide bonds. The molecule has 0 bridgehead atoms. The van der Waals surface area contributed by atoms with Crippen LogP contribution in [0, 0.1) is 19.3 Å². The number of amides is 1. The molecule has 1 aromatic heterocycles. The zero-order chi connectivity index (χ0) is 28.6. The van der Waals surface area contributed by atoms with E-state index in [1.807, 2.05) is 54.5 Å². The van der Waals surface area contributed by atoms with Gasteiger partial charge in [0, 0.05) is 22.8 Å². The van der Waals surface area contributed by atoms with Crippen molar-refractivity contribution in [2.75, 3.05) is 20.2 Å². The smallest absolute Gasteiger partial charge is 0.323 e. The number of aryl methyl sites for hydroxylation is 2. The molecule has 1 atom stereocenters. The number of carbonyl (C=O) groups is 3. The zero-order valence-corrected chi connectivity index (χ0v) is 25.1. The summed E-state index contributed by atoms with van der Waals surface area (Å²) < 4.78 is 5.86. The topological polar surface area (TPSA) is 83.9 Å². The minimum absolute atomic E-state index is 0.0387. The van der Waals surface area contributed by atoms with Gasteiger partial charge in [0.1, 0.15) is 18.9 Å². The van der Waals surface area contributed by atoms with Crippen molar-refractivity contribution >= 4 is 29.0 Å². The van der Waals surface area contributed by atoms with Crippen molar-refractivity contribution < 1.29 is 24.2 Å². The van der Waals surface area contributed by atoms with Gasteiger partial charge in [-0.2, -0.15) is 0 Å². The fourth-order valence-corrected chi connectivity index (χ4v) is 5.72. The molecule has 0 aliphatic carbocycles. The lowest BCUT2D eigenvalue weighted by Crippen LogP contribution is -2.31. The fourth-order valence-electron chi connectivity index (χ4n) is 4.24. The van der Waals surface area contributed by atoms with Gasteiger partial charge in [0.05, 0.1) is 4.88 Å². The molecular formula is C30H45NO5S. The van der Waals surface area contributed by atoms with Crippen LogP contribution in [0.15, 0.2) is 24.3 Å². The molecule has 0 aliphatic rings. The Bertz CT molecular complexity index is 1080. The van der Waals surface area contributed by atoms with Gasteiger partial charge in [-0.3, -0.25) is 14.4 Å². The molecule has 1 N–H and O–H groups in total. The first-order valence-corrected chi connectivity index (χ1v) is 13.9. The van der Waals surface area contributed by atoms with E-state index in [1.54, 1.807) is 0 Å². The first-order valence-electron chi connectivity index (χ1n) is 13.1. The van der Waals surface area contributed by atoms with Crippen LogP contribution in [0.4, 0.5) is 0 Å². The Hall–Kier alpha value is -2.67. The number of carbonyl (C=O) groups excluding carboxylic acids is 2. The van der Waals surface area contributed by atoms with Crippen molar-refractivity contribution in [1.82, 2.24) is 4.90 Å². The van der Waals surface area contributed by atoms with E-state index >= 15 is 0 Å². The Morgan fingerprint density at radius 2 is 1.65 bits per heavy atom. The maximum absolute atomic E-state index is 12.9. The number of hydrogen-bond donors (Lipinski definition) is 1. The first-order chi connectivity index (χ1) is 17.3. The van der Waals surface area contributed by atoms with Crippen LogP contribution in [0.25, 0.3) is 0 Å². The van der Waals surface area contributed by atoms with Crippen LogP contribution in [0.1, 0.15) is 99.0 Å². The Kier molecular flexibility index (Phi) is 12.0. The molecule has 206 valence electrons. The molecule has 6 nitrogen and oxygen atoms in total. The third kappa shape index (κ3) is 7.91. The second-order valence-corrected chi connectivity index (χ2v) is 11.4. The molecule has 0 aliphatic heterocycles. The van der Waals surface area contributed by atoms with Crippen LogP contribution in [0.5, 0.6) is 5.75 Å². The van der Waals surface area contributed by atoms with E-state index in [-0.39, 0.29) is 30.3 Å². The number of ketones is 1. The highest BCUT2D eigenvalue weighted by Gasteiger charge is 2.35. The second kappa shape index (κ2) is 13.8. The van der Waals surface area contributed by atoms with Gasteiger partial charge >= 0.3 is 5.97 Å². The maximum Gasteiger partial charge on any atom is 0.323 e. The van der Waals surface area contributed by atoms with Gasteiger partial charge < -0.3 is 14.7 Å². The standard InChI is InChI=1S/C28H39NO5S.C2H6/c1-9-13-28(10-2,23-15-19(4)25(35-23)26(33)29(8)16-24(31)32)20-11-12-21(18(3)14-20)34-17-22(30)27(5,6)7;1-2/h11-12,14-15H,9-10,13,16-17H2,1-8H3,(H,31,32);1-2H3. The van der Waals surface area contributed by atoms with E-state index in [0.29, 0.717) is 10.6 Å². The Morgan fingerprint density at radius 3 is 2.14 bits per heavy atom. The first kappa shape index (κ1) is 32.4. The second-order valence-electron chi connectivity index (χ2n) is 10.3. The van der Waals surface area contributed by atoms with Crippen molar-refractivity contribution in [3.8, 4) is 5.75 Å². The van der Waals surface area contributed by atoms with Crippen LogP contribution in [0.3, 0.4) is 0 Å². The normalized spacial score (nSPS) is 12.7. The lowest BCUT2D eigenvalue weighted by Gasteiger charge is -2.33. The number of benzene rings is 1. The predicted molar refractivity (Wildman–Crippen MR) is 152 cm³/mol. The highest BCUT2D eigenvalue weighted by atomic mass is 32.1. The van der Waals surface area contributed by atoms with Crippen molar-refractivity contribution in [3.05, 3.63) is 50.7 Å². The van der Waals surface area contributed by atoms with Gasteiger partial charge in [0.25, 0.3) is 5.91 Å². The van der Waals surface area contributed by atoms with E-state index in [9.17, 15) is 14.4 Å². The molecule has 2 rings (SSSR count). The zero-order valence-electron chi connectivity index (χ0n) is 24.3. The number of rotatable bonds is 11. The average molecular weight is 532 g/mol. The molecular weight excluding hydrogens is 486 g/mol. The maximum atomic E-state index is 12.9. The molecule has 0 spiro atoms. The summed E-state index contributed by atoms with van der Waals surface area (Å²) in [4.78, 5) is 39.3. The van der Waals surface area contributed by atoms with Gasteiger partial charge in [0.15, 0.2) is 5.78 Å². The van der Waals surface area contributed by atoms with Gasteiger partial charge in [-0.1, -0.05) is 67.0 Å². The van der Waals surface area contributed by atoms with Gasteiger partial charge in [0.2, 0.25) is 0 Å². The molecule has 37 heavy (non-hydrogen) atoms. The summed E-state index contributed by atoms with van der Waals surface area (Å²) in [7, 11) is 1.51. The lowest BCUT2D eigenvalue weighted by atomic mass is 9.73. The minimum atomic E-state index is -1.04. The quantitative estimate of drug-likeness (QED) is 0.336. The summed E-state index contributed by atoms with van der Waals surface area (Å²) in [5, 5.41) is 9.08. The number of carboxylic acids is 1. The Labute approximate surface area is 227 Å². The summed E-state index contributed by atoms with van der Waals surface area (Å²) in [6.07, 6.45) is 2.72. The third-order valence-electron chi connectivity index (χ3n) is 6.51. The lowest BCUT2D eigenvalue weighted by molar-refractivity contribution is -0.137. The van der Waals surface area contributed by atoms with Gasteiger partial charge in [-0.05, 0) is 55.5 Å². The van der Waals surface area contributed by atoms with E-state index in [1.165, 1.54) is 23.3 Å². The summed E-state index contributed by atoms with van der Waals surface area (Å²) in [6, 6.07) is 8.21. The number of hydrogen-bond acceptors (Lipinski definition) is 5. The Morgan fingerprint density at radius 1 is 1.03 bits per heavy atom. The molecule has 1 aromatic carbocycles. The highest BCUT2D eigenvalue weighted by Crippen LogP contribution is 2.45. The summed E-state index contributed by atoms with van der Waals surface area (Å²) in [6.45, 7) is 17.6. The highest BCUT2D eigenvalue weighted by molar-refractivity contribution is 7.14. The minimum Gasteiger partial charge on any atom is -0.486 e. The number of carboxylic acid groups (broad SMARTS) is 1. The molecule has 0 radical (unpaired) electrons. The van der Waals surface area contributed by atoms with Gasteiger partial charge in [-0.25, -0.2) is 0 Å². The average Bonchev–Trinajstić information content (AvgIpc) is 3.23. The van der Waals surface area contributed by atoms with Crippen molar-refractivity contribution in [2.24, 2.45) is 5.41 Å². The number of Topliss-reactive ketones (excluding diaryl/α,β-unsaturated/α-hetero) is 1. The van der Waals surface area contributed by atoms with Gasteiger partial charge in [-0.15, -0.1) is 11.3 Å². The van der Waals surface area contributed by atoms with Crippen LogP contribution in [0.2, 0.25) is 0 Å². The number of nitrogens with zero attached hydrogens (tertiary/aromatic N) is 1. The van der Waals surface area contributed by atoms with Crippen molar-refractivity contribution in [2.45, 2.75) is 87.0 Å². The summed E-state index contributed by atoms with van der Waals surface area (Å²) in [5.41, 5.74) is 2.24. The Balaban J connectivity index is 0.00000334. The van der Waals surface area contributed by atoms with Crippen LogP contribution in [-0.2, 0) is 15.0 Å². The number of ether oxygens (including phenoxy) is 1. The van der Waals surface area contributed by atoms with Crippen LogP contribution >= 0.6 is 11.3 Å². The molecule has 7 heteroatoms. The molecule has 0 saturated carbocycles. The summed E-state index contributed by atoms with van der Waals surface area (Å²) in [5.74, 6) is -0.562. The molecule has 2 aromatic rings. The number of likely N-dealkylation sites (N-methyl/N-ethyl adjacent to an activating group) is 1. The molecule has 1 heterocycles. The van der Waals surface area contributed by atoms with Crippen LogP contribution < -0.4 is 4.74 Å². The monoisotopic (exact) mass is 531 g/mol. The summed E-state index contributed by atoms with van der Waals surface area (Å²) >= 11 is 1.46. The third-order valence-corrected chi connectivity index (χ3v) is 7.94. The van der Waals surface area contributed by atoms with Crippen molar-refractivity contribution in [1.29, 1.82) is 0 Å². The van der Waals surface area contributed by atoms with Crippen molar-refractivity contribution in [3.63, 3.8) is 0 Å². The SMILES string of the molecule is CC.CCCC(CC)(c1ccc(OCC(=O)C(C)(C)C)c(C)c1)c1cc(C)c(C(=O)N(C)CC(=O)O)s1. The predicted octanol–water partition coefficient (Wildman–Crippen LogP) is 7.04. The van der Waals surface area contributed by atoms with E-state index < -0.39 is 11.4 Å². The molecule has 0 fully saturated rings. The van der Waals surface area contributed by atoms with E-state index in [2.05, 4.69) is 32.0 Å². The molecule has 0 saturated heterocycles. The number of aliphatic carboxylic acids is 1. The molecule has 1 unspecified atom stereocenters.